The second-order valence-electron chi connectivity index (χ2n) is 6.17. The van der Waals surface area contributed by atoms with Crippen molar-refractivity contribution in [2.75, 3.05) is 26.2 Å². The fraction of sp³-hybridized carbons (Fsp3) is 0.562. The number of piperidine rings is 1. The third-order valence-electron chi connectivity index (χ3n) is 4.51. The van der Waals surface area contributed by atoms with Crippen molar-refractivity contribution in [3.05, 3.63) is 35.4 Å². The summed E-state index contributed by atoms with van der Waals surface area (Å²) in [6, 6.07) is 8.26. The van der Waals surface area contributed by atoms with Crippen molar-refractivity contribution < 1.29 is 4.79 Å². The van der Waals surface area contributed by atoms with Crippen molar-refractivity contribution in [1.29, 1.82) is 0 Å². The summed E-state index contributed by atoms with van der Waals surface area (Å²) in [6.45, 7) is 6.24. The van der Waals surface area contributed by atoms with Gasteiger partial charge in [-0.25, -0.2) is 0 Å². The molecule has 3 heteroatoms. The van der Waals surface area contributed by atoms with Gasteiger partial charge in [-0.05, 0) is 38.4 Å². The number of rotatable bonds is 2. The zero-order valence-electron chi connectivity index (χ0n) is 11.6. The molecular weight excluding hydrogens is 236 g/mol. The molecule has 102 valence electrons. The number of nitrogens with zero attached hydrogens (tertiary/aromatic N) is 1. The fourth-order valence-corrected chi connectivity index (χ4v) is 3.32. The van der Waals surface area contributed by atoms with Crippen LogP contribution in [0.3, 0.4) is 0 Å². The Morgan fingerprint density at radius 3 is 2.74 bits per heavy atom. The first-order valence-electron chi connectivity index (χ1n) is 7.21. The summed E-state index contributed by atoms with van der Waals surface area (Å²) < 4.78 is 0. The van der Waals surface area contributed by atoms with Gasteiger partial charge in [0.2, 0.25) is 5.91 Å². The van der Waals surface area contributed by atoms with Gasteiger partial charge < -0.3 is 10.2 Å². The van der Waals surface area contributed by atoms with E-state index in [0.29, 0.717) is 11.8 Å². The molecule has 1 N–H and O–H groups in total. The number of likely N-dealkylation sites (tertiary alicyclic amines) is 1. The smallest absolute Gasteiger partial charge is 0.227 e. The average molecular weight is 258 g/mol. The van der Waals surface area contributed by atoms with Crippen LogP contribution in [-0.4, -0.2) is 37.0 Å². The first-order valence-corrected chi connectivity index (χ1v) is 7.21. The zero-order valence-corrected chi connectivity index (χ0v) is 11.6. The van der Waals surface area contributed by atoms with Gasteiger partial charge in [0.25, 0.3) is 0 Å². The Balaban J connectivity index is 1.55. The number of amides is 1. The van der Waals surface area contributed by atoms with Gasteiger partial charge in [0.1, 0.15) is 0 Å². The molecule has 0 saturated carbocycles. The molecule has 0 aromatic heterocycles. The van der Waals surface area contributed by atoms with Crippen LogP contribution < -0.4 is 5.32 Å². The molecule has 2 aliphatic heterocycles. The molecule has 2 heterocycles. The molecule has 3 rings (SSSR count). The van der Waals surface area contributed by atoms with Gasteiger partial charge >= 0.3 is 0 Å². The van der Waals surface area contributed by atoms with Crippen LogP contribution in [0.25, 0.3) is 0 Å². The maximum absolute atomic E-state index is 12.2. The van der Waals surface area contributed by atoms with E-state index in [0.717, 1.165) is 31.7 Å². The van der Waals surface area contributed by atoms with E-state index in [9.17, 15) is 4.79 Å². The molecule has 0 radical (unpaired) electrons. The highest BCUT2D eigenvalue weighted by Gasteiger charge is 2.45. The molecule has 0 atom stereocenters. The lowest BCUT2D eigenvalue weighted by Gasteiger charge is -2.52. The van der Waals surface area contributed by atoms with Gasteiger partial charge in [-0.15, -0.1) is 0 Å². The Morgan fingerprint density at radius 1 is 1.32 bits per heavy atom. The average Bonchev–Trinajstić information content (AvgIpc) is 2.36. The first kappa shape index (κ1) is 12.7. The SMILES string of the molecule is Cc1cccc(CC(=O)N2CC3(CCNCC3)C2)c1. The molecule has 1 spiro atoms. The number of nitrogens with one attached hydrogen (secondary N) is 1. The highest BCUT2D eigenvalue weighted by Crippen LogP contribution is 2.38. The Hall–Kier alpha value is -1.35. The standard InChI is InChI=1S/C16H22N2O/c1-13-3-2-4-14(9-13)10-15(19)18-11-16(12-18)5-7-17-8-6-16/h2-4,9,17H,5-8,10-12H2,1H3. The minimum absolute atomic E-state index is 0.287. The topological polar surface area (TPSA) is 32.3 Å². The van der Waals surface area contributed by atoms with Crippen LogP contribution in [0, 0.1) is 12.3 Å². The van der Waals surface area contributed by atoms with Gasteiger partial charge in [-0.1, -0.05) is 29.8 Å². The second kappa shape index (κ2) is 4.97. The molecule has 2 saturated heterocycles. The van der Waals surface area contributed by atoms with Gasteiger partial charge in [0.15, 0.2) is 0 Å². The number of hydrogen-bond donors (Lipinski definition) is 1. The van der Waals surface area contributed by atoms with E-state index in [2.05, 4.69) is 24.4 Å². The Labute approximate surface area is 115 Å². The number of hydrogen-bond acceptors (Lipinski definition) is 2. The molecular formula is C16H22N2O. The van der Waals surface area contributed by atoms with Crippen LogP contribution in [-0.2, 0) is 11.2 Å². The van der Waals surface area contributed by atoms with Crippen molar-refractivity contribution >= 4 is 5.91 Å². The minimum atomic E-state index is 0.287. The number of carbonyl (C=O) groups excluding carboxylic acids is 1. The van der Waals surface area contributed by atoms with E-state index in [1.807, 2.05) is 17.0 Å². The Morgan fingerprint density at radius 2 is 2.05 bits per heavy atom. The normalized spacial score (nSPS) is 21.2. The van der Waals surface area contributed by atoms with Crippen LogP contribution in [0.2, 0.25) is 0 Å². The fourth-order valence-electron chi connectivity index (χ4n) is 3.32. The lowest BCUT2D eigenvalue weighted by atomic mass is 9.72. The predicted octanol–water partition coefficient (Wildman–Crippen LogP) is 1.75. The van der Waals surface area contributed by atoms with E-state index >= 15 is 0 Å². The van der Waals surface area contributed by atoms with Crippen LogP contribution in [0.1, 0.15) is 24.0 Å². The van der Waals surface area contributed by atoms with Gasteiger partial charge in [0.05, 0.1) is 6.42 Å². The summed E-state index contributed by atoms with van der Waals surface area (Å²) >= 11 is 0. The minimum Gasteiger partial charge on any atom is -0.341 e. The summed E-state index contributed by atoms with van der Waals surface area (Å²) in [4.78, 5) is 14.3. The molecule has 19 heavy (non-hydrogen) atoms. The summed E-state index contributed by atoms with van der Waals surface area (Å²) in [5, 5.41) is 3.39. The lowest BCUT2D eigenvalue weighted by molar-refractivity contribution is -0.144. The molecule has 0 unspecified atom stereocenters. The highest BCUT2D eigenvalue weighted by molar-refractivity contribution is 5.79. The summed E-state index contributed by atoms with van der Waals surface area (Å²) in [6.07, 6.45) is 3.00. The van der Waals surface area contributed by atoms with Crippen molar-refractivity contribution in [1.82, 2.24) is 10.2 Å². The van der Waals surface area contributed by atoms with Crippen molar-refractivity contribution in [3.63, 3.8) is 0 Å². The molecule has 1 aromatic carbocycles. The van der Waals surface area contributed by atoms with Crippen molar-refractivity contribution in [2.45, 2.75) is 26.2 Å². The van der Waals surface area contributed by atoms with Crippen LogP contribution in [0.4, 0.5) is 0 Å². The lowest BCUT2D eigenvalue weighted by Crippen LogP contribution is -2.61. The molecule has 1 amide bonds. The maximum Gasteiger partial charge on any atom is 0.227 e. The zero-order chi connectivity index (χ0) is 13.3. The third-order valence-corrected chi connectivity index (χ3v) is 4.51. The monoisotopic (exact) mass is 258 g/mol. The van der Waals surface area contributed by atoms with E-state index in [-0.39, 0.29) is 5.91 Å². The van der Waals surface area contributed by atoms with Crippen molar-refractivity contribution in [3.8, 4) is 0 Å². The molecule has 2 aliphatic rings. The number of carbonyl (C=O) groups is 1. The molecule has 0 bridgehead atoms. The van der Waals surface area contributed by atoms with Gasteiger partial charge in [-0.2, -0.15) is 0 Å². The molecule has 2 fully saturated rings. The number of benzene rings is 1. The Bertz CT molecular complexity index is 469. The predicted molar refractivity (Wildman–Crippen MR) is 76.0 cm³/mol. The van der Waals surface area contributed by atoms with E-state index in [4.69, 9.17) is 0 Å². The van der Waals surface area contributed by atoms with E-state index in [1.165, 1.54) is 18.4 Å². The molecule has 3 nitrogen and oxygen atoms in total. The van der Waals surface area contributed by atoms with Gasteiger partial charge in [0, 0.05) is 18.5 Å². The summed E-state index contributed by atoms with van der Waals surface area (Å²) in [5.74, 6) is 0.287. The maximum atomic E-state index is 12.2. The molecule has 0 aliphatic carbocycles. The van der Waals surface area contributed by atoms with E-state index in [1.54, 1.807) is 0 Å². The molecule has 1 aromatic rings. The first-order chi connectivity index (χ1) is 9.17. The van der Waals surface area contributed by atoms with E-state index < -0.39 is 0 Å². The Kier molecular flexibility index (Phi) is 3.31. The van der Waals surface area contributed by atoms with Gasteiger partial charge in [-0.3, -0.25) is 4.79 Å². The highest BCUT2D eigenvalue weighted by atomic mass is 16.2. The summed E-state index contributed by atoms with van der Waals surface area (Å²) in [7, 11) is 0. The van der Waals surface area contributed by atoms with Crippen LogP contribution >= 0.6 is 0 Å². The summed E-state index contributed by atoms with van der Waals surface area (Å²) in [5.41, 5.74) is 2.80. The number of aryl methyl sites for hydroxylation is 1. The van der Waals surface area contributed by atoms with Crippen molar-refractivity contribution in [2.24, 2.45) is 5.41 Å². The largest absolute Gasteiger partial charge is 0.341 e. The van der Waals surface area contributed by atoms with Crippen LogP contribution in [0.15, 0.2) is 24.3 Å². The second-order valence-corrected chi connectivity index (χ2v) is 6.17. The van der Waals surface area contributed by atoms with Crippen LogP contribution in [0.5, 0.6) is 0 Å². The third kappa shape index (κ3) is 2.66. The quantitative estimate of drug-likeness (QED) is 0.876.